The number of amides is 1. The van der Waals surface area contributed by atoms with Crippen LogP contribution in [0.2, 0.25) is 0 Å². The Bertz CT molecular complexity index is 1050. The molecule has 1 amide bonds. The van der Waals surface area contributed by atoms with Crippen molar-refractivity contribution in [3.63, 3.8) is 0 Å². The van der Waals surface area contributed by atoms with Crippen LogP contribution in [0.15, 0.2) is 41.3 Å². The molecule has 1 aliphatic rings. The van der Waals surface area contributed by atoms with Gasteiger partial charge < -0.3 is 35.2 Å². The van der Waals surface area contributed by atoms with E-state index in [9.17, 15) is 19.6 Å². The smallest absolute Gasteiger partial charge is 0.300 e. The van der Waals surface area contributed by atoms with Crippen molar-refractivity contribution in [1.29, 1.82) is 0 Å². The number of rotatable bonds is 8. The Hall–Kier alpha value is -3.05. The maximum absolute atomic E-state index is 12.6. The summed E-state index contributed by atoms with van der Waals surface area (Å²) >= 11 is -1.22. The van der Waals surface area contributed by atoms with E-state index < -0.39 is 23.2 Å². The van der Waals surface area contributed by atoms with Gasteiger partial charge in [0.15, 0.2) is 4.90 Å². The number of carbonyl (C=O) groups excluding carboxylic acids is 1. The molecule has 2 aromatic carbocycles. The molecular formula is C24H30N2O7S. The average Bonchev–Trinajstić information content (AvgIpc) is 3.07. The Balaban J connectivity index is 0.000000945. The minimum absolute atomic E-state index is 0.0648. The Morgan fingerprint density at radius 1 is 1.29 bits per heavy atom. The molecule has 184 valence electrons. The fraction of sp³-hybridized carbons (Fsp3) is 0.333. The van der Waals surface area contributed by atoms with Gasteiger partial charge in [0.1, 0.15) is 30.5 Å². The van der Waals surface area contributed by atoms with Crippen molar-refractivity contribution in [1.82, 2.24) is 5.32 Å². The fourth-order valence-electron chi connectivity index (χ4n) is 3.07. The molecule has 0 saturated carbocycles. The van der Waals surface area contributed by atoms with Crippen molar-refractivity contribution in [3.05, 3.63) is 47.5 Å². The third-order valence-electron chi connectivity index (χ3n) is 4.62. The summed E-state index contributed by atoms with van der Waals surface area (Å²) in [5.74, 6) is -0.748. The average molecular weight is 491 g/mol. The number of benzene rings is 2. The summed E-state index contributed by atoms with van der Waals surface area (Å²) in [5, 5.41) is 33.8. The minimum Gasteiger partial charge on any atom is -0.612 e. The summed E-state index contributed by atoms with van der Waals surface area (Å²) in [5.41, 5.74) is 1.95. The van der Waals surface area contributed by atoms with Crippen molar-refractivity contribution in [2.45, 2.75) is 37.8 Å². The van der Waals surface area contributed by atoms with E-state index in [2.05, 4.69) is 10.6 Å². The van der Waals surface area contributed by atoms with Crippen LogP contribution in [0.1, 0.15) is 31.9 Å². The van der Waals surface area contributed by atoms with E-state index in [0.717, 1.165) is 6.92 Å². The van der Waals surface area contributed by atoms with Gasteiger partial charge >= 0.3 is 0 Å². The molecule has 1 heterocycles. The van der Waals surface area contributed by atoms with Gasteiger partial charge in [-0.3, -0.25) is 9.59 Å². The molecule has 0 spiro atoms. The largest absolute Gasteiger partial charge is 0.612 e. The summed E-state index contributed by atoms with van der Waals surface area (Å²) in [6, 6.07) is 10.2. The van der Waals surface area contributed by atoms with E-state index in [1.165, 1.54) is 12.3 Å². The van der Waals surface area contributed by atoms with Crippen LogP contribution < -0.4 is 15.4 Å². The molecule has 2 unspecified atom stereocenters. The molecule has 3 rings (SSSR count). The highest BCUT2D eigenvalue weighted by Gasteiger charge is 2.28. The molecule has 0 aliphatic carbocycles. The number of aliphatic hydroxyl groups is 1. The second-order valence-corrected chi connectivity index (χ2v) is 9.29. The first-order valence-corrected chi connectivity index (χ1v) is 12.1. The summed E-state index contributed by atoms with van der Waals surface area (Å²) in [6.45, 7) is 5.53. The number of anilines is 1. The highest BCUT2D eigenvalue weighted by molar-refractivity contribution is 7.90. The lowest BCUT2D eigenvalue weighted by atomic mass is 10.0. The van der Waals surface area contributed by atoms with E-state index >= 15 is 0 Å². The zero-order valence-corrected chi connectivity index (χ0v) is 20.3. The van der Waals surface area contributed by atoms with Gasteiger partial charge in [-0.05, 0) is 41.5 Å². The first-order chi connectivity index (χ1) is 16.0. The van der Waals surface area contributed by atoms with Crippen LogP contribution in [0.3, 0.4) is 0 Å². The number of aromatic hydroxyl groups is 1. The van der Waals surface area contributed by atoms with Gasteiger partial charge in [0.2, 0.25) is 0 Å². The van der Waals surface area contributed by atoms with Gasteiger partial charge in [-0.25, -0.2) is 0 Å². The summed E-state index contributed by atoms with van der Waals surface area (Å²) < 4.78 is 17.4. The van der Waals surface area contributed by atoms with Gasteiger partial charge in [0.25, 0.3) is 11.9 Å². The number of hydrogen-bond donors (Lipinski definition) is 5. The predicted molar refractivity (Wildman–Crippen MR) is 131 cm³/mol. The molecule has 9 nitrogen and oxygen atoms in total. The number of nitrogens with one attached hydrogen (secondary N) is 2. The first kappa shape index (κ1) is 27.2. The van der Waals surface area contributed by atoms with Crippen LogP contribution in [0.5, 0.6) is 11.5 Å². The third-order valence-corrected chi connectivity index (χ3v) is 5.53. The van der Waals surface area contributed by atoms with E-state index in [0.29, 0.717) is 39.6 Å². The summed E-state index contributed by atoms with van der Waals surface area (Å²) in [7, 11) is 0. The van der Waals surface area contributed by atoms with Crippen LogP contribution in [0.25, 0.3) is 11.6 Å². The lowest BCUT2D eigenvalue weighted by Gasteiger charge is -2.16. The second-order valence-electron chi connectivity index (χ2n) is 7.91. The van der Waals surface area contributed by atoms with E-state index in [4.69, 9.17) is 14.6 Å². The molecule has 0 aromatic heterocycles. The van der Waals surface area contributed by atoms with Gasteiger partial charge in [-0.2, -0.15) is 0 Å². The molecule has 0 bridgehead atoms. The zero-order valence-electron chi connectivity index (χ0n) is 19.5. The predicted octanol–water partition coefficient (Wildman–Crippen LogP) is 2.45. The Morgan fingerprint density at radius 3 is 2.56 bits per heavy atom. The van der Waals surface area contributed by atoms with E-state index in [-0.39, 0.29) is 24.3 Å². The van der Waals surface area contributed by atoms with Crippen molar-refractivity contribution in [3.8, 4) is 11.5 Å². The molecular weight excluding hydrogens is 460 g/mol. The summed E-state index contributed by atoms with van der Waals surface area (Å²) in [4.78, 5) is 22.1. The lowest BCUT2D eigenvalue weighted by Crippen LogP contribution is -2.35. The number of phenols is 1. The number of carbonyl (C=O) groups is 2. The molecule has 10 heteroatoms. The van der Waals surface area contributed by atoms with E-state index in [1.54, 1.807) is 36.4 Å². The quantitative estimate of drug-likeness (QED) is 0.280. The molecule has 0 fully saturated rings. The van der Waals surface area contributed by atoms with E-state index in [1.807, 2.05) is 13.8 Å². The number of hydrogen-bond acceptors (Lipinski definition) is 7. The van der Waals surface area contributed by atoms with Gasteiger partial charge in [0, 0.05) is 31.1 Å². The topological polar surface area (TPSA) is 151 Å². The van der Waals surface area contributed by atoms with Crippen LogP contribution in [-0.4, -0.2) is 63.3 Å². The van der Waals surface area contributed by atoms with Crippen LogP contribution in [0.4, 0.5) is 5.69 Å². The number of aliphatic carboxylic acids is 1. The molecule has 0 saturated heterocycles. The maximum atomic E-state index is 12.6. The minimum atomic E-state index is -1.22. The highest BCUT2D eigenvalue weighted by Crippen LogP contribution is 2.40. The van der Waals surface area contributed by atoms with Crippen molar-refractivity contribution in [2.24, 2.45) is 0 Å². The second kappa shape index (κ2) is 12.4. The standard InChI is InChI=1S/C22H26N2O5S.C2H4O2/c1-13(2)23-11-15(25)12-29-20-6-4-5-18-21(20)17(22(27)24-18)9-14-7-8-16(30(3)28)10-19(14)26;1-2(3)4/h4-10,13,15,23,25-26H,11-12H2,1-3H3,(H,24,27);1H3,(H,3,4). The Labute approximate surface area is 201 Å². The van der Waals surface area contributed by atoms with Gasteiger partial charge in [-0.15, -0.1) is 0 Å². The third kappa shape index (κ3) is 7.77. The SMILES string of the molecule is CC(=O)O.CC(C)NCC(O)COc1cccc2c1C(=Cc1ccc([S+](C)[O-])cc1O)C(=O)N2. The van der Waals surface area contributed by atoms with Crippen LogP contribution >= 0.6 is 0 Å². The van der Waals surface area contributed by atoms with Crippen molar-refractivity contribution < 1.29 is 34.2 Å². The monoisotopic (exact) mass is 490 g/mol. The number of ether oxygens (including phenoxy) is 1. The normalized spacial score (nSPS) is 15.3. The van der Waals surface area contributed by atoms with Crippen LogP contribution in [0, 0.1) is 0 Å². The van der Waals surface area contributed by atoms with Crippen LogP contribution in [-0.2, 0) is 20.8 Å². The summed E-state index contributed by atoms with van der Waals surface area (Å²) in [6.07, 6.45) is 2.40. The maximum Gasteiger partial charge on any atom is 0.300 e. The number of aliphatic hydroxyl groups excluding tert-OH is 1. The Kier molecular flexibility index (Phi) is 9.94. The molecule has 5 N–H and O–H groups in total. The van der Waals surface area contributed by atoms with Crippen molar-refractivity contribution >= 4 is 40.4 Å². The molecule has 2 aromatic rings. The fourth-order valence-corrected chi connectivity index (χ4v) is 3.61. The number of fused-ring (bicyclic) bond motifs is 1. The van der Waals surface area contributed by atoms with Gasteiger partial charge in [-0.1, -0.05) is 19.9 Å². The van der Waals surface area contributed by atoms with Crippen molar-refractivity contribution in [2.75, 3.05) is 24.7 Å². The first-order valence-electron chi connectivity index (χ1n) is 10.6. The number of carboxylic acids is 1. The molecule has 2 atom stereocenters. The van der Waals surface area contributed by atoms with Gasteiger partial charge in [0.05, 0.1) is 16.8 Å². The zero-order chi connectivity index (χ0) is 25.4. The molecule has 1 aliphatic heterocycles. The highest BCUT2D eigenvalue weighted by atomic mass is 32.2. The lowest BCUT2D eigenvalue weighted by molar-refractivity contribution is -0.134. The molecule has 34 heavy (non-hydrogen) atoms. The Morgan fingerprint density at radius 2 is 1.97 bits per heavy atom. The number of phenolic OH excluding ortho intramolecular Hbond substituents is 1. The molecule has 0 radical (unpaired) electrons. The number of carboxylic acid groups (broad SMARTS) is 1.